The van der Waals surface area contributed by atoms with Crippen LogP contribution in [0, 0.1) is 0 Å². The van der Waals surface area contributed by atoms with E-state index in [2.05, 4.69) is 45.1 Å². The van der Waals surface area contributed by atoms with Crippen LogP contribution in [0.3, 0.4) is 0 Å². The van der Waals surface area contributed by atoms with E-state index < -0.39 is 0 Å². The maximum Gasteiger partial charge on any atom is 0.262 e. The zero-order valence-electron chi connectivity index (χ0n) is 16.6. The molecule has 0 aliphatic heterocycles. The zero-order chi connectivity index (χ0) is 21.1. The first-order valence-corrected chi connectivity index (χ1v) is 10.4. The summed E-state index contributed by atoms with van der Waals surface area (Å²) in [6.45, 7) is 4.28. The fourth-order valence-electron chi connectivity index (χ4n) is 3.02. The van der Waals surface area contributed by atoms with E-state index in [0.29, 0.717) is 28.6 Å². The minimum Gasteiger partial charge on any atom is -0.438 e. The average molecular weight is 462 g/mol. The minimum absolute atomic E-state index is 0.246. The summed E-state index contributed by atoms with van der Waals surface area (Å²) in [6, 6.07) is 20.7. The summed E-state index contributed by atoms with van der Waals surface area (Å²) in [5.74, 6) is 0.559. The number of rotatable bonds is 4. The molecule has 0 unspecified atom stereocenters. The molecule has 2 aromatic carbocycles. The fraction of sp³-hybridized carbons (Fsp3) is 0.125. The third kappa shape index (κ3) is 4.49. The van der Waals surface area contributed by atoms with Crippen molar-refractivity contribution in [3.8, 4) is 0 Å². The minimum atomic E-state index is -0.336. The number of amides is 1. The lowest BCUT2D eigenvalue weighted by molar-refractivity contribution is 0.102. The number of hydrogen-bond donors (Lipinski definition) is 1. The molecule has 4 rings (SSSR count). The van der Waals surface area contributed by atoms with Crippen LogP contribution in [0.2, 0.25) is 0 Å². The van der Waals surface area contributed by atoms with Gasteiger partial charge in [0.1, 0.15) is 17.0 Å². The largest absolute Gasteiger partial charge is 0.438 e. The van der Waals surface area contributed by atoms with E-state index in [1.54, 1.807) is 24.4 Å². The average Bonchev–Trinajstić information content (AvgIpc) is 2.74. The molecule has 2 heterocycles. The molecular formula is C24H20BrN3O2. The van der Waals surface area contributed by atoms with E-state index in [9.17, 15) is 4.79 Å². The number of nitrogens with one attached hydrogen (secondary N) is 1. The van der Waals surface area contributed by atoms with E-state index >= 15 is 0 Å². The van der Waals surface area contributed by atoms with Crippen molar-refractivity contribution in [2.24, 2.45) is 4.99 Å². The summed E-state index contributed by atoms with van der Waals surface area (Å²) < 4.78 is 6.92. The predicted molar refractivity (Wildman–Crippen MR) is 122 cm³/mol. The van der Waals surface area contributed by atoms with Gasteiger partial charge in [-0.05, 0) is 60.0 Å². The van der Waals surface area contributed by atoms with Crippen molar-refractivity contribution >= 4 is 44.3 Å². The van der Waals surface area contributed by atoms with Gasteiger partial charge in [0.25, 0.3) is 5.91 Å². The molecule has 0 saturated carbocycles. The molecule has 0 aliphatic carbocycles. The van der Waals surface area contributed by atoms with Gasteiger partial charge in [0, 0.05) is 16.1 Å². The molecule has 5 nitrogen and oxygen atoms in total. The van der Waals surface area contributed by atoms with E-state index in [1.165, 1.54) is 5.56 Å². The van der Waals surface area contributed by atoms with Crippen molar-refractivity contribution in [3.63, 3.8) is 0 Å². The van der Waals surface area contributed by atoms with Crippen LogP contribution in [0.4, 0.5) is 11.5 Å². The highest BCUT2D eigenvalue weighted by atomic mass is 79.9. The lowest BCUT2D eigenvalue weighted by Crippen LogP contribution is -2.22. The summed E-state index contributed by atoms with van der Waals surface area (Å²) in [4.78, 5) is 21.8. The normalized spacial score (nSPS) is 11.8. The van der Waals surface area contributed by atoms with Crippen LogP contribution in [0.5, 0.6) is 0 Å². The quantitative estimate of drug-likeness (QED) is 0.393. The Morgan fingerprint density at radius 2 is 1.87 bits per heavy atom. The van der Waals surface area contributed by atoms with Crippen molar-refractivity contribution in [1.29, 1.82) is 0 Å². The smallest absolute Gasteiger partial charge is 0.262 e. The monoisotopic (exact) mass is 461 g/mol. The van der Waals surface area contributed by atoms with E-state index in [-0.39, 0.29) is 11.5 Å². The Bertz CT molecular complexity index is 1260. The third-order valence-corrected chi connectivity index (χ3v) is 5.14. The molecule has 1 amide bonds. The Kier molecular flexibility index (Phi) is 5.77. The van der Waals surface area contributed by atoms with Crippen LogP contribution in [-0.2, 0) is 0 Å². The Labute approximate surface area is 182 Å². The Hall–Kier alpha value is -3.25. The van der Waals surface area contributed by atoms with Gasteiger partial charge in [-0.15, -0.1) is 0 Å². The lowest BCUT2D eigenvalue weighted by atomic mass is 10.0. The Balaban J connectivity index is 1.82. The van der Waals surface area contributed by atoms with Crippen LogP contribution in [0.1, 0.15) is 35.7 Å². The molecule has 6 heteroatoms. The maximum absolute atomic E-state index is 13.0. The van der Waals surface area contributed by atoms with Gasteiger partial charge in [-0.25, -0.2) is 9.98 Å². The molecular weight excluding hydrogens is 442 g/mol. The topological polar surface area (TPSA) is 67.5 Å². The van der Waals surface area contributed by atoms with E-state index in [1.807, 2.05) is 48.5 Å². The van der Waals surface area contributed by atoms with Gasteiger partial charge in [-0.3, -0.25) is 4.79 Å². The molecule has 2 aromatic heterocycles. The number of hydrogen-bond acceptors (Lipinski definition) is 4. The number of carbonyl (C=O) groups is 1. The maximum atomic E-state index is 13.0. The first-order chi connectivity index (χ1) is 14.5. The van der Waals surface area contributed by atoms with Gasteiger partial charge in [0.2, 0.25) is 5.55 Å². The molecule has 0 fully saturated rings. The van der Waals surface area contributed by atoms with Gasteiger partial charge >= 0.3 is 0 Å². The third-order valence-electron chi connectivity index (χ3n) is 4.65. The number of benzene rings is 2. The molecule has 0 spiro atoms. The molecule has 0 aliphatic rings. The van der Waals surface area contributed by atoms with Crippen LogP contribution in [0.15, 0.2) is 86.8 Å². The van der Waals surface area contributed by atoms with Crippen LogP contribution in [0.25, 0.3) is 11.0 Å². The molecule has 1 N–H and O–H groups in total. The van der Waals surface area contributed by atoms with Crippen molar-refractivity contribution in [1.82, 2.24) is 4.98 Å². The van der Waals surface area contributed by atoms with Crippen LogP contribution < -0.4 is 10.9 Å². The van der Waals surface area contributed by atoms with Gasteiger partial charge in [0.15, 0.2) is 0 Å². The highest BCUT2D eigenvalue weighted by Gasteiger charge is 2.14. The summed E-state index contributed by atoms with van der Waals surface area (Å²) in [5, 5.41) is 3.60. The highest BCUT2D eigenvalue weighted by molar-refractivity contribution is 9.10. The predicted octanol–water partition coefficient (Wildman–Crippen LogP) is 6.20. The number of pyridine rings is 1. The zero-order valence-corrected chi connectivity index (χ0v) is 18.2. The fourth-order valence-corrected chi connectivity index (χ4v) is 3.40. The van der Waals surface area contributed by atoms with Crippen molar-refractivity contribution in [2.75, 3.05) is 5.32 Å². The highest BCUT2D eigenvalue weighted by Crippen LogP contribution is 2.22. The summed E-state index contributed by atoms with van der Waals surface area (Å²) in [6.07, 6.45) is 1.62. The van der Waals surface area contributed by atoms with E-state index in [4.69, 9.17) is 4.42 Å². The number of halogens is 1. The van der Waals surface area contributed by atoms with Crippen molar-refractivity contribution < 1.29 is 9.21 Å². The standard InChI is InChI=1S/C24H20BrN3O2/c1-15(2)16-6-9-19(10-7-16)27-24-20(23(29)28-22-5-3-4-12-26-22)14-17-13-18(25)8-11-21(17)30-24/h3-15H,1-2H3,(H,26,28,29). The Morgan fingerprint density at radius 3 is 2.57 bits per heavy atom. The van der Waals surface area contributed by atoms with Gasteiger partial charge in [0.05, 0.1) is 5.69 Å². The molecule has 0 atom stereocenters. The molecule has 0 saturated heterocycles. The molecule has 0 radical (unpaired) electrons. The van der Waals surface area contributed by atoms with Gasteiger partial charge in [-0.1, -0.05) is 48.0 Å². The molecule has 0 bridgehead atoms. The SMILES string of the molecule is CC(C)c1ccc(N=c2oc3ccc(Br)cc3cc2C(=O)Nc2ccccn2)cc1. The number of nitrogens with zero attached hydrogens (tertiary/aromatic N) is 2. The molecule has 4 aromatic rings. The van der Waals surface area contributed by atoms with Gasteiger partial charge < -0.3 is 9.73 Å². The van der Waals surface area contributed by atoms with Crippen LogP contribution >= 0.6 is 15.9 Å². The summed E-state index contributed by atoms with van der Waals surface area (Å²) in [7, 11) is 0. The first kappa shape index (κ1) is 20.0. The molecule has 30 heavy (non-hydrogen) atoms. The first-order valence-electron chi connectivity index (χ1n) is 9.60. The van der Waals surface area contributed by atoms with Gasteiger partial charge in [-0.2, -0.15) is 0 Å². The summed E-state index contributed by atoms with van der Waals surface area (Å²) in [5.41, 5.74) is 3.16. The number of aromatic nitrogens is 1. The molecule has 150 valence electrons. The second-order valence-corrected chi connectivity index (χ2v) is 8.09. The number of anilines is 1. The van der Waals surface area contributed by atoms with E-state index in [0.717, 1.165) is 9.86 Å². The summed E-state index contributed by atoms with van der Waals surface area (Å²) >= 11 is 3.46. The van der Waals surface area contributed by atoms with Crippen molar-refractivity contribution in [2.45, 2.75) is 19.8 Å². The second-order valence-electron chi connectivity index (χ2n) is 7.17. The second kappa shape index (κ2) is 8.63. The van der Waals surface area contributed by atoms with Crippen molar-refractivity contribution in [3.05, 3.63) is 94.1 Å². The Morgan fingerprint density at radius 1 is 1.07 bits per heavy atom. The number of fused-ring (bicyclic) bond motifs is 1. The lowest BCUT2D eigenvalue weighted by Gasteiger charge is -2.07. The van der Waals surface area contributed by atoms with Crippen LogP contribution in [-0.4, -0.2) is 10.9 Å². The number of carbonyl (C=O) groups excluding carboxylic acids is 1.